The van der Waals surface area contributed by atoms with Gasteiger partial charge in [-0.2, -0.15) is 0 Å². The summed E-state index contributed by atoms with van der Waals surface area (Å²) in [6, 6.07) is 5.37. The summed E-state index contributed by atoms with van der Waals surface area (Å²) in [5.41, 5.74) is 0.774. The Morgan fingerprint density at radius 2 is 1.96 bits per heavy atom. The first-order chi connectivity index (χ1) is 11.9. The van der Waals surface area contributed by atoms with Crippen molar-refractivity contribution >= 4 is 18.3 Å². The molecule has 1 heterocycles. The predicted octanol–water partition coefficient (Wildman–Crippen LogP) is 3.66. The number of nitrogens with one attached hydrogen (secondary N) is 2. The third kappa shape index (κ3) is 6.69. The quantitative estimate of drug-likeness (QED) is 0.718. The van der Waals surface area contributed by atoms with Crippen LogP contribution in [0.3, 0.4) is 0 Å². The van der Waals surface area contributed by atoms with E-state index in [0.29, 0.717) is 36.1 Å². The molecule has 0 bridgehead atoms. The van der Waals surface area contributed by atoms with Gasteiger partial charge in [-0.3, -0.25) is 4.79 Å². The molecule has 0 saturated carbocycles. The predicted molar refractivity (Wildman–Crippen MR) is 108 cm³/mol. The molecule has 1 aromatic rings. The second-order valence-corrected chi connectivity index (χ2v) is 7.64. The molecule has 0 aliphatic carbocycles. The number of methoxy groups -OCH3 is 1. The molecule has 1 aromatic carbocycles. The molecule has 2 rings (SSSR count). The molecule has 148 valence electrons. The Morgan fingerprint density at radius 1 is 1.27 bits per heavy atom. The number of benzene rings is 1. The van der Waals surface area contributed by atoms with E-state index in [1.807, 2.05) is 6.07 Å². The van der Waals surface area contributed by atoms with E-state index in [1.165, 1.54) is 0 Å². The largest absolute Gasteiger partial charge is 0.493 e. The molecule has 5 nitrogen and oxygen atoms in total. The third-order valence-corrected chi connectivity index (χ3v) is 4.86. The molecular weight excluding hydrogens is 352 g/mol. The molecule has 1 aliphatic heterocycles. The summed E-state index contributed by atoms with van der Waals surface area (Å²) in [7, 11) is 1.60. The molecule has 1 saturated heterocycles. The standard InChI is InChI=1S/C20H32N2O3.ClH/c1-15(2)7-12-25-17-6-5-16(13-18(17)24-4)19(23)22-14-20(3)8-10-21-11-9-20;/h5-6,13,15,21H,7-12,14H2,1-4H3,(H,22,23);1H. The van der Waals surface area contributed by atoms with Crippen molar-refractivity contribution in [3.05, 3.63) is 23.8 Å². The van der Waals surface area contributed by atoms with Crippen molar-refractivity contribution < 1.29 is 14.3 Å². The number of amides is 1. The van der Waals surface area contributed by atoms with Crippen molar-refractivity contribution in [2.24, 2.45) is 11.3 Å². The number of halogens is 1. The van der Waals surface area contributed by atoms with Gasteiger partial charge < -0.3 is 20.1 Å². The van der Waals surface area contributed by atoms with Crippen LogP contribution in [-0.4, -0.2) is 39.3 Å². The maximum Gasteiger partial charge on any atom is 0.251 e. The van der Waals surface area contributed by atoms with Gasteiger partial charge >= 0.3 is 0 Å². The number of hydrogen-bond donors (Lipinski definition) is 2. The lowest BCUT2D eigenvalue weighted by atomic mass is 9.81. The van der Waals surface area contributed by atoms with Gasteiger partial charge in [0.1, 0.15) is 0 Å². The Labute approximate surface area is 163 Å². The minimum absolute atomic E-state index is 0. The molecular formula is C20H33ClN2O3. The lowest BCUT2D eigenvalue weighted by molar-refractivity contribution is 0.0922. The van der Waals surface area contributed by atoms with E-state index < -0.39 is 0 Å². The Hall–Kier alpha value is -1.46. The SMILES string of the molecule is COc1cc(C(=O)NCC2(C)CCNCC2)ccc1OCCC(C)C.Cl. The zero-order valence-electron chi connectivity index (χ0n) is 16.4. The van der Waals surface area contributed by atoms with Gasteiger partial charge in [-0.15, -0.1) is 12.4 Å². The first-order valence-electron chi connectivity index (χ1n) is 9.23. The van der Waals surface area contributed by atoms with Crippen LogP contribution in [0.15, 0.2) is 18.2 Å². The van der Waals surface area contributed by atoms with Crippen LogP contribution in [0.2, 0.25) is 0 Å². The fourth-order valence-corrected chi connectivity index (χ4v) is 2.94. The fraction of sp³-hybridized carbons (Fsp3) is 0.650. The highest BCUT2D eigenvalue weighted by Crippen LogP contribution is 2.29. The van der Waals surface area contributed by atoms with Crippen molar-refractivity contribution in [1.29, 1.82) is 0 Å². The maximum atomic E-state index is 12.5. The normalized spacial score (nSPS) is 15.9. The molecule has 1 fully saturated rings. The number of carbonyl (C=O) groups is 1. The lowest BCUT2D eigenvalue weighted by Gasteiger charge is -2.34. The molecule has 6 heteroatoms. The molecule has 0 unspecified atom stereocenters. The number of piperidine rings is 1. The van der Waals surface area contributed by atoms with Gasteiger partial charge in [-0.05, 0) is 61.9 Å². The third-order valence-electron chi connectivity index (χ3n) is 4.86. The van der Waals surface area contributed by atoms with Crippen molar-refractivity contribution in [3.8, 4) is 11.5 Å². The second kappa shape index (κ2) is 10.6. The highest BCUT2D eigenvalue weighted by atomic mass is 35.5. The molecule has 1 aliphatic rings. The fourth-order valence-electron chi connectivity index (χ4n) is 2.94. The summed E-state index contributed by atoms with van der Waals surface area (Å²) < 4.78 is 11.2. The summed E-state index contributed by atoms with van der Waals surface area (Å²) in [4.78, 5) is 12.5. The highest BCUT2D eigenvalue weighted by molar-refractivity contribution is 5.94. The van der Waals surface area contributed by atoms with Gasteiger partial charge in [0.25, 0.3) is 5.91 Å². The molecule has 0 atom stereocenters. The topological polar surface area (TPSA) is 59.6 Å². The molecule has 2 N–H and O–H groups in total. The van der Waals surface area contributed by atoms with Gasteiger partial charge in [0, 0.05) is 12.1 Å². The van der Waals surface area contributed by atoms with Crippen molar-refractivity contribution in [1.82, 2.24) is 10.6 Å². The van der Waals surface area contributed by atoms with Crippen LogP contribution >= 0.6 is 12.4 Å². The minimum Gasteiger partial charge on any atom is -0.493 e. The van der Waals surface area contributed by atoms with Crippen molar-refractivity contribution in [2.45, 2.75) is 40.0 Å². The Bertz CT molecular complexity index is 572. The van der Waals surface area contributed by atoms with E-state index in [4.69, 9.17) is 9.47 Å². The van der Waals surface area contributed by atoms with Gasteiger partial charge in [-0.25, -0.2) is 0 Å². The number of ether oxygens (including phenoxy) is 2. The first-order valence-corrected chi connectivity index (χ1v) is 9.23. The van der Waals surface area contributed by atoms with Crippen LogP contribution in [0.25, 0.3) is 0 Å². The molecule has 1 amide bonds. The monoisotopic (exact) mass is 384 g/mol. The van der Waals surface area contributed by atoms with Crippen LogP contribution < -0.4 is 20.1 Å². The second-order valence-electron chi connectivity index (χ2n) is 7.64. The van der Waals surface area contributed by atoms with Crippen LogP contribution in [0.1, 0.15) is 50.4 Å². The van der Waals surface area contributed by atoms with Gasteiger partial charge in [-0.1, -0.05) is 20.8 Å². The van der Waals surface area contributed by atoms with E-state index in [9.17, 15) is 4.79 Å². The average molecular weight is 385 g/mol. The van der Waals surface area contributed by atoms with Crippen LogP contribution in [-0.2, 0) is 0 Å². The Balaban J connectivity index is 0.00000338. The lowest BCUT2D eigenvalue weighted by Crippen LogP contribution is -2.42. The number of hydrogen-bond acceptors (Lipinski definition) is 4. The summed E-state index contributed by atoms with van der Waals surface area (Å²) in [6.45, 7) is 9.94. The number of rotatable bonds is 8. The maximum absolute atomic E-state index is 12.5. The average Bonchev–Trinajstić information content (AvgIpc) is 2.60. The van der Waals surface area contributed by atoms with Crippen molar-refractivity contribution in [3.63, 3.8) is 0 Å². The van der Waals surface area contributed by atoms with Crippen LogP contribution in [0.4, 0.5) is 0 Å². The molecule has 26 heavy (non-hydrogen) atoms. The summed E-state index contributed by atoms with van der Waals surface area (Å²) in [5.74, 6) is 1.81. The number of carbonyl (C=O) groups excluding carboxylic acids is 1. The molecule has 0 radical (unpaired) electrons. The van der Waals surface area contributed by atoms with E-state index in [0.717, 1.165) is 32.4 Å². The smallest absolute Gasteiger partial charge is 0.251 e. The van der Waals surface area contributed by atoms with Gasteiger partial charge in [0.05, 0.1) is 13.7 Å². The molecule has 0 spiro atoms. The van der Waals surface area contributed by atoms with E-state index >= 15 is 0 Å². The summed E-state index contributed by atoms with van der Waals surface area (Å²) >= 11 is 0. The highest BCUT2D eigenvalue weighted by Gasteiger charge is 2.27. The summed E-state index contributed by atoms with van der Waals surface area (Å²) in [6.07, 6.45) is 3.15. The van der Waals surface area contributed by atoms with E-state index in [2.05, 4.69) is 31.4 Å². The van der Waals surface area contributed by atoms with Crippen LogP contribution in [0.5, 0.6) is 11.5 Å². The van der Waals surface area contributed by atoms with E-state index in [-0.39, 0.29) is 23.7 Å². The first kappa shape index (κ1) is 22.6. The zero-order valence-corrected chi connectivity index (χ0v) is 17.2. The summed E-state index contributed by atoms with van der Waals surface area (Å²) in [5, 5.41) is 6.44. The molecule has 0 aromatic heterocycles. The van der Waals surface area contributed by atoms with Gasteiger partial charge in [0.15, 0.2) is 11.5 Å². The Morgan fingerprint density at radius 3 is 2.58 bits per heavy atom. The van der Waals surface area contributed by atoms with Crippen molar-refractivity contribution in [2.75, 3.05) is 33.4 Å². The van der Waals surface area contributed by atoms with Gasteiger partial charge in [0.2, 0.25) is 0 Å². The van der Waals surface area contributed by atoms with E-state index in [1.54, 1.807) is 19.2 Å². The van der Waals surface area contributed by atoms with Crippen LogP contribution in [0, 0.1) is 11.3 Å². The Kier molecular flexibility index (Phi) is 9.23. The minimum atomic E-state index is -0.0632. The zero-order chi connectivity index (χ0) is 18.3.